The van der Waals surface area contributed by atoms with Crippen molar-refractivity contribution in [1.29, 1.82) is 0 Å². The van der Waals surface area contributed by atoms with Crippen LogP contribution in [0.5, 0.6) is 0 Å². The zero-order chi connectivity index (χ0) is 13.0. The average Bonchev–Trinajstić information content (AvgIpc) is 2.40. The van der Waals surface area contributed by atoms with E-state index in [0.717, 1.165) is 31.6 Å². The minimum Gasteiger partial charge on any atom is -0.393 e. The molecular formula is C15H30N2O. The Bertz CT molecular complexity index is 239. The molecule has 0 aromatic heterocycles. The fourth-order valence-corrected chi connectivity index (χ4v) is 3.49. The molecule has 1 heterocycles. The Kier molecular flexibility index (Phi) is 5.46. The molecule has 0 radical (unpaired) electrons. The van der Waals surface area contributed by atoms with Gasteiger partial charge in [-0.25, -0.2) is 0 Å². The second-order valence-electron chi connectivity index (χ2n) is 6.29. The van der Waals surface area contributed by atoms with Gasteiger partial charge >= 0.3 is 0 Å². The van der Waals surface area contributed by atoms with Gasteiger partial charge in [0.05, 0.1) is 6.10 Å². The van der Waals surface area contributed by atoms with E-state index in [2.05, 4.69) is 24.1 Å². The summed E-state index contributed by atoms with van der Waals surface area (Å²) in [6.07, 6.45) is 7.48. The monoisotopic (exact) mass is 254 g/mol. The number of nitrogens with one attached hydrogen (secondary N) is 1. The van der Waals surface area contributed by atoms with Crippen LogP contribution in [0.3, 0.4) is 0 Å². The van der Waals surface area contributed by atoms with E-state index in [1.54, 1.807) is 0 Å². The highest BCUT2D eigenvalue weighted by Crippen LogP contribution is 2.27. The van der Waals surface area contributed by atoms with Gasteiger partial charge in [0.1, 0.15) is 0 Å². The normalized spacial score (nSPS) is 38.8. The third-order valence-electron chi connectivity index (χ3n) is 4.79. The van der Waals surface area contributed by atoms with Crippen molar-refractivity contribution < 1.29 is 5.11 Å². The fourth-order valence-electron chi connectivity index (χ4n) is 3.49. The van der Waals surface area contributed by atoms with Crippen molar-refractivity contribution in [2.24, 2.45) is 5.92 Å². The minimum atomic E-state index is -0.0659. The van der Waals surface area contributed by atoms with Crippen LogP contribution in [-0.2, 0) is 0 Å². The zero-order valence-electron chi connectivity index (χ0n) is 12.1. The lowest BCUT2D eigenvalue weighted by molar-refractivity contribution is 0.00808. The molecule has 2 atom stereocenters. The minimum absolute atomic E-state index is 0.0659. The van der Waals surface area contributed by atoms with Crippen LogP contribution >= 0.6 is 0 Å². The highest BCUT2D eigenvalue weighted by atomic mass is 16.3. The van der Waals surface area contributed by atoms with Crippen molar-refractivity contribution in [2.75, 3.05) is 19.6 Å². The van der Waals surface area contributed by atoms with Crippen molar-refractivity contribution >= 4 is 0 Å². The summed E-state index contributed by atoms with van der Waals surface area (Å²) in [6.45, 7) is 7.79. The molecule has 0 amide bonds. The first-order valence-corrected chi connectivity index (χ1v) is 7.86. The fraction of sp³-hybridized carbons (Fsp3) is 1.00. The van der Waals surface area contributed by atoms with E-state index < -0.39 is 0 Å². The lowest BCUT2D eigenvalue weighted by Crippen LogP contribution is -2.49. The van der Waals surface area contributed by atoms with Gasteiger partial charge in [-0.05, 0) is 51.0 Å². The number of nitrogens with zero attached hydrogens (tertiary/aromatic N) is 1. The van der Waals surface area contributed by atoms with Gasteiger partial charge in [-0.3, -0.25) is 4.90 Å². The number of hydrogen-bond donors (Lipinski definition) is 2. The third kappa shape index (κ3) is 3.69. The molecule has 3 heteroatoms. The van der Waals surface area contributed by atoms with Crippen LogP contribution in [0.15, 0.2) is 0 Å². The van der Waals surface area contributed by atoms with Gasteiger partial charge in [0.2, 0.25) is 0 Å². The summed E-state index contributed by atoms with van der Waals surface area (Å²) in [4.78, 5) is 2.63. The summed E-state index contributed by atoms with van der Waals surface area (Å²) < 4.78 is 0. The summed E-state index contributed by atoms with van der Waals surface area (Å²) in [5, 5.41) is 13.4. The van der Waals surface area contributed by atoms with E-state index in [0.29, 0.717) is 5.92 Å². The summed E-state index contributed by atoms with van der Waals surface area (Å²) in [6, 6.07) is 1.54. The van der Waals surface area contributed by atoms with Gasteiger partial charge < -0.3 is 10.4 Å². The molecule has 18 heavy (non-hydrogen) atoms. The quantitative estimate of drug-likeness (QED) is 0.805. The van der Waals surface area contributed by atoms with Crippen molar-refractivity contribution in [3.8, 4) is 0 Å². The molecule has 1 aliphatic heterocycles. The molecule has 2 unspecified atom stereocenters. The molecule has 0 aromatic rings. The summed E-state index contributed by atoms with van der Waals surface area (Å²) in [7, 11) is 0. The molecule has 2 aliphatic rings. The molecule has 0 aromatic carbocycles. The Balaban J connectivity index is 1.72. The molecule has 0 spiro atoms. The van der Waals surface area contributed by atoms with Crippen molar-refractivity contribution in [2.45, 2.75) is 70.6 Å². The van der Waals surface area contributed by atoms with E-state index >= 15 is 0 Å². The first-order valence-electron chi connectivity index (χ1n) is 7.86. The van der Waals surface area contributed by atoms with Crippen molar-refractivity contribution in [3.05, 3.63) is 0 Å². The summed E-state index contributed by atoms with van der Waals surface area (Å²) >= 11 is 0. The lowest BCUT2D eigenvalue weighted by atomic mass is 9.87. The van der Waals surface area contributed by atoms with Crippen LogP contribution in [0.1, 0.15) is 52.4 Å². The Labute approximate surface area is 112 Å². The van der Waals surface area contributed by atoms with Gasteiger partial charge in [-0.15, -0.1) is 0 Å². The number of aliphatic hydroxyl groups excluding tert-OH is 1. The first kappa shape index (κ1) is 14.3. The van der Waals surface area contributed by atoms with Crippen molar-refractivity contribution in [3.63, 3.8) is 0 Å². The number of rotatable bonds is 4. The molecule has 2 rings (SSSR count). The number of likely N-dealkylation sites (tertiary alicyclic amines) is 1. The second-order valence-corrected chi connectivity index (χ2v) is 6.29. The van der Waals surface area contributed by atoms with Crippen LogP contribution in [0.4, 0.5) is 0 Å². The smallest absolute Gasteiger partial charge is 0.0590 e. The van der Waals surface area contributed by atoms with Gasteiger partial charge in [-0.2, -0.15) is 0 Å². The number of piperidine rings is 1. The third-order valence-corrected chi connectivity index (χ3v) is 4.79. The average molecular weight is 254 g/mol. The van der Waals surface area contributed by atoms with E-state index in [4.69, 9.17) is 0 Å². The maximum atomic E-state index is 9.80. The number of aliphatic hydroxyl groups is 1. The zero-order valence-corrected chi connectivity index (χ0v) is 12.1. The Hall–Kier alpha value is -0.120. The molecule has 0 bridgehead atoms. The summed E-state index contributed by atoms with van der Waals surface area (Å²) in [5.74, 6) is 0.453. The molecule has 3 nitrogen and oxygen atoms in total. The SMILES string of the molecule is CCCNC1CCC(N2CCC(O)C(C)C2)CC1. The van der Waals surface area contributed by atoms with Gasteiger partial charge in [0.25, 0.3) is 0 Å². The van der Waals surface area contributed by atoms with Crippen LogP contribution in [0.25, 0.3) is 0 Å². The molecule has 1 saturated heterocycles. The van der Waals surface area contributed by atoms with Crippen molar-refractivity contribution in [1.82, 2.24) is 10.2 Å². The molecule has 1 aliphatic carbocycles. The standard InChI is InChI=1S/C15H30N2O/c1-3-9-16-13-4-6-14(7-5-13)17-10-8-15(18)12(2)11-17/h12-16,18H,3-11H2,1-2H3. The van der Waals surface area contributed by atoms with Gasteiger partial charge in [-0.1, -0.05) is 13.8 Å². The predicted octanol–water partition coefficient (Wildman–Crippen LogP) is 2.00. The molecule has 106 valence electrons. The van der Waals surface area contributed by atoms with Crippen LogP contribution < -0.4 is 5.32 Å². The maximum absolute atomic E-state index is 9.80. The van der Waals surface area contributed by atoms with Crippen LogP contribution in [-0.4, -0.2) is 47.8 Å². The largest absolute Gasteiger partial charge is 0.393 e. The molecule has 2 fully saturated rings. The highest BCUT2D eigenvalue weighted by Gasteiger charge is 2.31. The summed E-state index contributed by atoms with van der Waals surface area (Å²) in [5.41, 5.74) is 0. The Morgan fingerprint density at radius 1 is 1.17 bits per heavy atom. The predicted molar refractivity (Wildman–Crippen MR) is 75.7 cm³/mol. The van der Waals surface area contributed by atoms with E-state index in [-0.39, 0.29) is 6.10 Å². The highest BCUT2D eigenvalue weighted by molar-refractivity contribution is 4.87. The van der Waals surface area contributed by atoms with Crippen LogP contribution in [0.2, 0.25) is 0 Å². The Morgan fingerprint density at radius 3 is 2.50 bits per heavy atom. The molecular weight excluding hydrogens is 224 g/mol. The topological polar surface area (TPSA) is 35.5 Å². The van der Waals surface area contributed by atoms with E-state index in [9.17, 15) is 5.11 Å². The second kappa shape index (κ2) is 6.88. The number of hydrogen-bond acceptors (Lipinski definition) is 3. The van der Waals surface area contributed by atoms with Crippen LogP contribution in [0, 0.1) is 5.92 Å². The van der Waals surface area contributed by atoms with E-state index in [1.807, 2.05) is 0 Å². The molecule has 1 saturated carbocycles. The first-order chi connectivity index (χ1) is 8.70. The van der Waals surface area contributed by atoms with Gasteiger partial charge in [0, 0.05) is 25.2 Å². The lowest BCUT2D eigenvalue weighted by Gasteiger charge is -2.42. The van der Waals surface area contributed by atoms with Gasteiger partial charge in [0.15, 0.2) is 0 Å². The molecule has 2 N–H and O–H groups in total. The Morgan fingerprint density at radius 2 is 1.89 bits per heavy atom. The van der Waals surface area contributed by atoms with E-state index in [1.165, 1.54) is 38.6 Å². The maximum Gasteiger partial charge on any atom is 0.0590 e.